The lowest BCUT2D eigenvalue weighted by Crippen LogP contribution is -2.07. The van der Waals surface area contributed by atoms with Crippen molar-refractivity contribution in [2.45, 2.75) is 13.3 Å². The van der Waals surface area contributed by atoms with Crippen LogP contribution in [0.5, 0.6) is 0 Å². The van der Waals surface area contributed by atoms with Crippen molar-refractivity contribution < 1.29 is 0 Å². The van der Waals surface area contributed by atoms with Crippen LogP contribution < -0.4 is 11.2 Å². The molecule has 23 heavy (non-hydrogen) atoms. The standard InChI is InChI=1S/C14H14BrN7S/c1-8(6-19-16)11-7-18-13-12(17-3-4-22(11)13)20-14-10(15)5-9(2)21-23-14/h3-4,6-7H,1,5,16H2,2H3,(H,17,20)/b19-6-. The minimum Gasteiger partial charge on any atom is -0.330 e. The molecule has 3 heterocycles. The van der Waals surface area contributed by atoms with E-state index in [9.17, 15) is 0 Å². The van der Waals surface area contributed by atoms with Crippen LogP contribution in [0.1, 0.15) is 19.0 Å². The molecule has 0 aromatic carbocycles. The van der Waals surface area contributed by atoms with Gasteiger partial charge in [0.05, 0.1) is 18.1 Å². The fourth-order valence-electron chi connectivity index (χ4n) is 2.11. The molecular weight excluding hydrogens is 378 g/mol. The molecule has 0 fully saturated rings. The molecule has 1 aliphatic rings. The maximum Gasteiger partial charge on any atom is 0.180 e. The van der Waals surface area contributed by atoms with E-state index in [-0.39, 0.29) is 0 Å². The number of aromatic nitrogens is 3. The summed E-state index contributed by atoms with van der Waals surface area (Å²) in [5, 5.41) is 7.69. The van der Waals surface area contributed by atoms with E-state index in [2.05, 4.69) is 47.3 Å². The van der Waals surface area contributed by atoms with Crippen LogP contribution >= 0.6 is 27.9 Å². The molecule has 2 aromatic rings. The van der Waals surface area contributed by atoms with Gasteiger partial charge in [0.15, 0.2) is 11.5 Å². The largest absolute Gasteiger partial charge is 0.330 e. The van der Waals surface area contributed by atoms with Gasteiger partial charge in [0, 0.05) is 46.5 Å². The van der Waals surface area contributed by atoms with Crippen LogP contribution in [0.25, 0.3) is 11.2 Å². The monoisotopic (exact) mass is 391 g/mol. The number of anilines is 1. The second kappa shape index (κ2) is 6.55. The molecule has 0 aliphatic carbocycles. The SMILES string of the molecule is C=C(/C=N\N)c1cnc2c(NC3=C(Br)CC(C)=NS3)nccn12. The number of hydrogen-bond acceptors (Lipinski definition) is 7. The average Bonchev–Trinajstić information content (AvgIpc) is 2.95. The van der Waals surface area contributed by atoms with Gasteiger partial charge in [-0.2, -0.15) is 5.10 Å². The fraction of sp³-hybridized carbons (Fsp3) is 0.143. The number of hydrazone groups is 1. The van der Waals surface area contributed by atoms with Gasteiger partial charge in [-0.15, -0.1) is 0 Å². The second-order valence-electron chi connectivity index (χ2n) is 4.87. The van der Waals surface area contributed by atoms with Gasteiger partial charge in [0.1, 0.15) is 5.03 Å². The van der Waals surface area contributed by atoms with Crippen molar-refractivity contribution in [3.63, 3.8) is 0 Å². The maximum atomic E-state index is 5.19. The molecule has 3 rings (SSSR count). The van der Waals surface area contributed by atoms with Gasteiger partial charge in [-0.1, -0.05) is 22.5 Å². The molecule has 0 amide bonds. The second-order valence-corrected chi connectivity index (χ2v) is 6.60. The molecule has 9 heteroatoms. The molecule has 0 atom stereocenters. The Bertz CT molecular complexity index is 865. The fourth-order valence-corrected chi connectivity index (χ4v) is 3.46. The Balaban J connectivity index is 1.97. The molecule has 0 unspecified atom stereocenters. The van der Waals surface area contributed by atoms with E-state index >= 15 is 0 Å². The van der Waals surface area contributed by atoms with Crippen LogP contribution in [0.4, 0.5) is 5.82 Å². The van der Waals surface area contributed by atoms with Gasteiger partial charge in [0.25, 0.3) is 0 Å². The van der Waals surface area contributed by atoms with Crippen molar-refractivity contribution >= 4 is 56.8 Å². The third-order valence-electron chi connectivity index (χ3n) is 3.17. The summed E-state index contributed by atoms with van der Waals surface area (Å²) in [6.07, 6.45) is 7.50. The number of nitrogens with one attached hydrogen (secondary N) is 1. The molecular formula is C14H14BrN7S. The predicted octanol–water partition coefficient (Wildman–Crippen LogP) is 3.18. The first kappa shape index (κ1) is 15.8. The smallest absolute Gasteiger partial charge is 0.180 e. The predicted molar refractivity (Wildman–Crippen MR) is 99.6 cm³/mol. The van der Waals surface area contributed by atoms with E-state index in [1.165, 1.54) is 18.2 Å². The van der Waals surface area contributed by atoms with Crippen molar-refractivity contribution in [1.29, 1.82) is 0 Å². The van der Waals surface area contributed by atoms with Crippen LogP contribution in [-0.2, 0) is 0 Å². The van der Waals surface area contributed by atoms with Crippen molar-refractivity contribution in [1.82, 2.24) is 14.4 Å². The Labute approximate surface area is 145 Å². The zero-order valence-electron chi connectivity index (χ0n) is 12.3. The lowest BCUT2D eigenvalue weighted by Gasteiger charge is -2.15. The van der Waals surface area contributed by atoms with Gasteiger partial charge in [-0.25, -0.2) is 14.4 Å². The highest BCUT2D eigenvalue weighted by atomic mass is 79.9. The first-order chi connectivity index (χ1) is 11.1. The number of halogens is 1. The van der Waals surface area contributed by atoms with E-state index < -0.39 is 0 Å². The summed E-state index contributed by atoms with van der Waals surface area (Å²) in [5.74, 6) is 5.83. The number of hydrogen-bond donors (Lipinski definition) is 2. The lowest BCUT2D eigenvalue weighted by molar-refractivity contribution is 1.11. The Morgan fingerprint density at radius 2 is 2.39 bits per heavy atom. The van der Waals surface area contributed by atoms with Crippen LogP contribution in [0.15, 0.2) is 44.2 Å². The minimum absolute atomic E-state index is 0.644. The summed E-state index contributed by atoms with van der Waals surface area (Å²) < 4.78 is 7.31. The van der Waals surface area contributed by atoms with Gasteiger partial charge in [-0.3, -0.25) is 4.40 Å². The van der Waals surface area contributed by atoms with E-state index in [4.69, 9.17) is 5.84 Å². The van der Waals surface area contributed by atoms with Crippen LogP contribution in [-0.4, -0.2) is 26.3 Å². The highest BCUT2D eigenvalue weighted by molar-refractivity contribution is 9.11. The molecule has 1 aliphatic heterocycles. The average molecular weight is 392 g/mol. The summed E-state index contributed by atoms with van der Waals surface area (Å²) in [6, 6.07) is 0. The third kappa shape index (κ3) is 3.15. The number of nitrogens with zero attached hydrogens (tertiary/aromatic N) is 5. The summed E-state index contributed by atoms with van der Waals surface area (Å²) in [5.41, 5.74) is 3.23. The minimum atomic E-state index is 0.644. The van der Waals surface area contributed by atoms with Crippen molar-refractivity contribution in [3.8, 4) is 0 Å². The number of nitrogens with two attached hydrogens (primary N) is 1. The highest BCUT2D eigenvalue weighted by Crippen LogP contribution is 2.33. The molecule has 0 saturated carbocycles. The van der Waals surface area contributed by atoms with Gasteiger partial charge >= 0.3 is 0 Å². The Morgan fingerprint density at radius 3 is 3.13 bits per heavy atom. The zero-order chi connectivity index (χ0) is 16.4. The summed E-state index contributed by atoms with van der Waals surface area (Å²) in [4.78, 5) is 8.79. The first-order valence-electron chi connectivity index (χ1n) is 6.71. The third-order valence-corrected chi connectivity index (χ3v) is 5.04. The summed E-state index contributed by atoms with van der Waals surface area (Å²) in [7, 11) is 0. The zero-order valence-corrected chi connectivity index (χ0v) is 14.7. The number of fused-ring (bicyclic) bond motifs is 1. The molecule has 2 aromatic heterocycles. The van der Waals surface area contributed by atoms with E-state index in [0.717, 1.165) is 27.3 Å². The Morgan fingerprint density at radius 1 is 1.57 bits per heavy atom. The van der Waals surface area contributed by atoms with E-state index in [1.54, 1.807) is 12.4 Å². The van der Waals surface area contributed by atoms with E-state index in [0.29, 0.717) is 17.0 Å². The molecule has 118 valence electrons. The van der Waals surface area contributed by atoms with Gasteiger partial charge < -0.3 is 11.2 Å². The number of imidazole rings is 1. The molecule has 3 N–H and O–H groups in total. The van der Waals surface area contributed by atoms with Crippen molar-refractivity contribution in [3.05, 3.63) is 40.4 Å². The molecule has 0 saturated heterocycles. The molecule has 0 radical (unpaired) electrons. The van der Waals surface area contributed by atoms with Gasteiger partial charge in [-0.05, 0) is 6.92 Å². The van der Waals surface area contributed by atoms with E-state index in [1.807, 2.05) is 17.5 Å². The number of allylic oxidation sites excluding steroid dienone is 2. The maximum absolute atomic E-state index is 5.19. The van der Waals surface area contributed by atoms with Crippen molar-refractivity contribution in [2.75, 3.05) is 5.32 Å². The van der Waals surface area contributed by atoms with Crippen LogP contribution in [0.3, 0.4) is 0 Å². The Hall–Kier alpha value is -2.13. The molecule has 0 spiro atoms. The highest BCUT2D eigenvalue weighted by Gasteiger charge is 2.16. The topological polar surface area (TPSA) is 93.0 Å². The first-order valence-corrected chi connectivity index (χ1v) is 8.27. The molecule has 7 nitrogen and oxygen atoms in total. The van der Waals surface area contributed by atoms with Gasteiger partial charge in [0.2, 0.25) is 0 Å². The lowest BCUT2D eigenvalue weighted by atomic mass is 10.2. The quantitative estimate of drug-likeness (QED) is 0.361. The Kier molecular flexibility index (Phi) is 4.49. The normalized spacial score (nSPS) is 15.3. The summed E-state index contributed by atoms with van der Waals surface area (Å²) in [6.45, 7) is 5.93. The van der Waals surface area contributed by atoms with Crippen LogP contribution in [0, 0.1) is 0 Å². The molecule has 0 bridgehead atoms. The van der Waals surface area contributed by atoms with Crippen molar-refractivity contribution in [2.24, 2.45) is 15.3 Å². The summed E-state index contributed by atoms with van der Waals surface area (Å²) >= 11 is 4.96. The number of rotatable bonds is 4. The van der Waals surface area contributed by atoms with Crippen LogP contribution in [0.2, 0.25) is 0 Å².